The van der Waals surface area contributed by atoms with Gasteiger partial charge in [0.05, 0.1) is 6.04 Å². The summed E-state index contributed by atoms with van der Waals surface area (Å²) in [7, 11) is 0. The highest BCUT2D eigenvalue weighted by Crippen LogP contribution is 2.22. The van der Waals surface area contributed by atoms with Crippen molar-refractivity contribution in [3.05, 3.63) is 59.4 Å². The van der Waals surface area contributed by atoms with Crippen molar-refractivity contribution in [3.63, 3.8) is 0 Å². The molecule has 0 saturated carbocycles. The van der Waals surface area contributed by atoms with Crippen LogP contribution >= 0.6 is 0 Å². The number of carbonyl (C=O) groups excluding carboxylic acids is 3. The Morgan fingerprint density at radius 2 is 1.74 bits per heavy atom. The van der Waals surface area contributed by atoms with Gasteiger partial charge in [-0.15, -0.1) is 0 Å². The van der Waals surface area contributed by atoms with Gasteiger partial charge in [-0.25, -0.2) is 4.39 Å². The minimum absolute atomic E-state index is 0.106. The molecule has 0 saturated heterocycles. The second kappa shape index (κ2) is 15.5. The van der Waals surface area contributed by atoms with Crippen molar-refractivity contribution in [3.8, 4) is 11.5 Å². The third-order valence-corrected chi connectivity index (χ3v) is 7.37. The molecular weight excluding hydrogens is 539 g/mol. The lowest BCUT2D eigenvalue weighted by Gasteiger charge is -2.29. The number of fused-ring (bicyclic) bond motifs is 1. The quantitative estimate of drug-likeness (QED) is 0.367. The lowest BCUT2D eigenvalue weighted by molar-refractivity contribution is -0.133. The van der Waals surface area contributed by atoms with E-state index in [9.17, 15) is 23.9 Å². The van der Waals surface area contributed by atoms with E-state index in [0.717, 1.165) is 11.3 Å². The normalized spacial score (nSPS) is 24.8. The Morgan fingerprint density at radius 1 is 1.00 bits per heavy atom. The fraction of sp³-hybridized carbons (Fsp3) is 0.531. The molecule has 1 heterocycles. The molecule has 1 aliphatic heterocycles. The Balaban J connectivity index is 1.94. The van der Waals surface area contributed by atoms with Gasteiger partial charge in [-0.2, -0.15) is 0 Å². The predicted molar refractivity (Wildman–Crippen MR) is 160 cm³/mol. The van der Waals surface area contributed by atoms with Gasteiger partial charge in [-0.3, -0.25) is 19.7 Å². The topological polar surface area (TPSA) is 129 Å². The molecule has 0 fully saturated rings. The molecule has 230 valence electrons. The molecule has 0 unspecified atom stereocenters. The van der Waals surface area contributed by atoms with Crippen LogP contribution in [0.25, 0.3) is 0 Å². The lowest BCUT2D eigenvalue weighted by atomic mass is 9.99. The highest BCUT2D eigenvalue weighted by Gasteiger charge is 2.31. The zero-order valence-electron chi connectivity index (χ0n) is 25.2. The van der Waals surface area contributed by atoms with Gasteiger partial charge >= 0.3 is 0 Å². The average Bonchev–Trinajstić information content (AvgIpc) is 2.94. The number of benzene rings is 2. The average molecular weight is 585 g/mol. The molecule has 5 N–H and O–H groups in total. The maximum Gasteiger partial charge on any atom is 0.243 e. The number of hydrogen-bond acceptors (Lipinski definition) is 6. The van der Waals surface area contributed by atoms with Crippen molar-refractivity contribution < 1.29 is 28.6 Å². The van der Waals surface area contributed by atoms with Gasteiger partial charge in [0.25, 0.3) is 0 Å². The summed E-state index contributed by atoms with van der Waals surface area (Å²) in [6.45, 7) is 10.2. The van der Waals surface area contributed by atoms with Crippen LogP contribution in [0.2, 0.25) is 0 Å². The molecule has 2 aromatic rings. The summed E-state index contributed by atoms with van der Waals surface area (Å²) in [4.78, 5) is 40.2. The van der Waals surface area contributed by atoms with Gasteiger partial charge in [0.1, 0.15) is 24.4 Å². The Kier molecular flexibility index (Phi) is 12.2. The first kappa shape index (κ1) is 32.8. The van der Waals surface area contributed by atoms with E-state index in [1.165, 1.54) is 12.1 Å². The van der Waals surface area contributed by atoms with Crippen LogP contribution in [-0.2, 0) is 27.2 Å². The molecule has 9 nitrogen and oxygen atoms in total. The van der Waals surface area contributed by atoms with Crippen molar-refractivity contribution in [2.24, 2.45) is 11.8 Å². The van der Waals surface area contributed by atoms with E-state index >= 15 is 0 Å². The largest absolute Gasteiger partial charge is 0.505 e. The first-order valence-electron chi connectivity index (χ1n) is 14.8. The molecule has 1 aliphatic rings. The van der Waals surface area contributed by atoms with Crippen LogP contribution in [-0.4, -0.2) is 60.1 Å². The number of rotatable bonds is 5. The Labute approximate surface area is 248 Å². The van der Waals surface area contributed by atoms with Crippen LogP contribution in [0.1, 0.15) is 58.6 Å². The Bertz CT molecular complexity index is 1220. The molecule has 3 amide bonds. The van der Waals surface area contributed by atoms with Crippen molar-refractivity contribution in [1.29, 1.82) is 0 Å². The molecule has 5 atom stereocenters. The summed E-state index contributed by atoms with van der Waals surface area (Å²) in [5, 5.41) is 21.6. The summed E-state index contributed by atoms with van der Waals surface area (Å²) < 4.78 is 20.3. The van der Waals surface area contributed by atoms with E-state index in [-0.39, 0.29) is 36.8 Å². The standard InChI is InChI=1S/C32H45FN4O5/c1-6-9-25-30(39)34-17-20(4)14-23-10-7-8-11-28(23)42-18-21(5)35-26(16-22-12-13-27(38)24(33)15-22)31(40)37-29(19(2)3)32(41)36-25/h7-8,10-13,15,19-21,25-26,29,35,38H,6,9,14,16-18H2,1-5H3,(H,34,39)(H,36,41)(H,37,40)/t20-,21-,25-,26+,29+/m0/s1. The molecule has 0 spiro atoms. The van der Waals surface area contributed by atoms with E-state index in [1.807, 2.05) is 58.9 Å². The Morgan fingerprint density at radius 3 is 2.43 bits per heavy atom. The van der Waals surface area contributed by atoms with Gasteiger partial charge < -0.3 is 25.8 Å². The number of amides is 3. The number of carbonyl (C=O) groups is 3. The van der Waals surface area contributed by atoms with Gasteiger partial charge in [0.15, 0.2) is 11.6 Å². The number of nitrogens with one attached hydrogen (secondary N) is 4. The fourth-order valence-electron chi connectivity index (χ4n) is 5.01. The molecule has 0 bridgehead atoms. The number of halogens is 1. The van der Waals surface area contributed by atoms with Gasteiger partial charge in [-0.05, 0) is 67.3 Å². The summed E-state index contributed by atoms with van der Waals surface area (Å²) in [6, 6.07) is 8.95. The molecule has 0 aliphatic carbocycles. The molecular formula is C32H45FN4O5. The number of para-hydroxylation sites is 1. The molecule has 42 heavy (non-hydrogen) atoms. The zero-order chi connectivity index (χ0) is 30.8. The smallest absolute Gasteiger partial charge is 0.243 e. The summed E-state index contributed by atoms with van der Waals surface area (Å²) >= 11 is 0. The van der Waals surface area contributed by atoms with Crippen LogP contribution in [0.15, 0.2) is 42.5 Å². The van der Waals surface area contributed by atoms with E-state index in [4.69, 9.17) is 4.74 Å². The van der Waals surface area contributed by atoms with Crippen molar-refractivity contribution in [1.82, 2.24) is 21.3 Å². The van der Waals surface area contributed by atoms with Crippen LogP contribution in [0, 0.1) is 17.7 Å². The second-order valence-electron chi connectivity index (χ2n) is 11.7. The number of ether oxygens (including phenoxy) is 1. The lowest BCUT2D eigenvalue weighted by Crippen LogP contribution is -2.59. The van der Waals surface area contributed by atoms with E-state index in [0.29, 0.717) is 31.4 Å². The van der Waals surface area contributed by atoms with E-state index in [1.54, 1.807) is 6.07 Å². The third-order valence-electron chi connectivity index (χ3n) is 7.37. The van der Waals surface area contributed by atoms with Crippen molar-refractivity contribution in [2.75, 3.05) is 13.2 Å². The number of hydrogen-bond donors (Lipinski definition) is 5. The minimum atomic E-state index is -0.901. The molecule has 3 rings (SSSR count). The summed E-state index contributed by atoms with van der Waals surface area (Å²) in [5.41, 5.74) is 1.50. The molecule has 10 heteroatoms. The first-order valence-corrected chi connectivity index (χ1v) is 14.8. The van der Waals surface area contributed by atoms with Crippen LogP contribution < -0.4 is 26.0 Å². The maximum atomic E-state index is 14.1. The summed E-state index contributed by atoms with van der Waals surface area (Å²) in [5.74, 6) is -1.84. The van der Waals surface area contributed by atoms with Crippen LogP contribution in [0.4, 0.5) is 4.39 Å². The van der Waals surface area contributed by atoms with Gasteiger partial charge in [0.2, 0.25) is 17.7 Å². The van der Waals surface area contributed by atoms with Gasteiger partial charge in [0, 0.05) is 12.6 Å². The molecule has 0 aromatic heterocycles. The SMILES string of the molecule is CCC[C@@H]1NC(=O)[C@@H](C(C)C)NC(=O)[C@@H](Cc2ccc(O)c(F)c2)N[C@@H](C)COc2ccccc2C[C@H](C)CNC1=O. The molecule has 0 radical (unpaired) electrons. The first-order chi connectivity index (χ1) is 20.0. The minimum Gasteiger partial charge on any atom is -0.505 e. The van der Waals surface area contributed by atoms with Crippen LogP contribution in [0.5, 0.6) is 11.5 Å². The number of aromatic hydroxyl groups is 1. The highest BCUT2D eigenvalue weighted by atomic mass is 19.1. The van der Waals surface area contributed by atoms with Crippen LogP contribution in [0.3, 0.4) is 0 Å². The van der Waals surface area contributed by atoms with Gasteiger partial charge in [-0.1, -0.05) is 58.4 Å². The number of phenolic OH excluding ortho intramolecular Hbond substituents is 1. The summed E-state index contributed by atoms with van der Waals surface area (Å²) in [6.07, 6.45) is 1.92. The zero-order valence-corrected chi connectivity index (χ0v) is 25.2. The molecule has 2 aromatic carbocycles. The van der Waals surface area contributed by atoms with E-state index < -0.39 is 41.5 Å². The Hall–Kier alpha value is -3.66. The van der Waals surface area contributed by atoms with E-state index in [2.05, 4.69) is 21.3 Å². The monoisotopic (exact) mass is 584 g/mol. The fourth-order valence-corrected chi connectivity index (χ4v) is 5.01. The number of phenols is 1. The maximum absolute atomic E-state index is 14.1. The third kappa shape index (κ3) is 9.44. The highest BCUT2D eigenvalue weighted by molar-refractivity contribution is 5.93. The second-order valence-corrected chi connectivity index (χ2v) is 11.7. The van der Waals surface area contributed by atoms with Crippen molar-refractivity contribution in [2.45, 2.75) is 84.5 Å². The predicted octanol–water partition coefficient (Wildman–Crippen LogP) is 3.23. The van der Waals surface area contributed by atoms with Crippen molar-refractivity contribution >= 4 is 17.7 Å².